The van der Waals surface area contributed by atoms with E-state index in [9.17, 15) is 4.79 Å². The van der Waals surface area contributed by atoms with Gasteiger partial charge in [0.15, 0.2) is 0 Å². The van der Waals surface area contributed by atoms with Crippen molar-refractivity contribution in [3.63, 3.8) is 0 Å². The van der Waals surface area contributed by atoms with Crippen molar-refractivity contribution in [3.8, 4) is 5.69 Å². The first-order valence-electron chi connectivity index (χ1n) is 3.81. The maximum absolute atomic E-state index is 11.3. The average Bonchev–Trinajstić information content (AvgIpc) is 2.53. The average molecular weight is 176 g/mol. The minimum atomic E-state index is -0.157. The lowest BCUT2D eigenvalue weighted by atomic mass is 10.5. The molecule has 0 saturated carbocycles. The van der Waals surface area contributed by atoms with E-state index >= 15 is 0 Å². The molecular weight excluding hydrogens is 168 g/mol. The van der Waals surface area contributed by atoms with Gasteiger partial charge in [-0.1, -0.05) is 0 Å². The Balaban J connectivity index is 2.59. The van der Waals surface area contributed by atoms with Gasteiger partial charge < -0.3 is 0 Å². The van der Waals surface area contributed by atoms with Crippen LogP contribution in [0.1, 0.15) is 0 Å². The van der Waals surface area contributed by atoms with E-state index in [4.69, 9.17) is 0 Å². The third kappa shape index (κ3) is 1.35. The number of aromatic nitrogens is 4. The second kappa shape index (κ2) is 2.85. The molecule has 0 fully saturated rings. The molecule has 66 valence electrons. The van der Waals surface area contributed by atoms with Crippen LogP contribution in [-0.2, 0) is 7.05 Å². The van der Waals surface area contributed by atoms with E-state index < -0.39 is 0 Å². The fourth-order valence-corrected chi connectivity index (χ4v) is 1.07. The molecule has 0 amide bonds. The standard InChI is InChI=1S/C8H8N4O/c1-11-6-7(5-10-11)12-8(13)3-2-4-9-12/h2-6H,1H3. The van der Waals surface area contributed by atoms with Crippen LogP contribution in [0.15, 0.2) is 35.5 Å². The van der Waals surface area contributed by atoms with E-state index in [0.717, 1.165) is 0 Å². The monoisotopic (exact) mass is 176 g/mol. The Morgan fingerprint density at radius 3 is 2.85 bits per heavy atom. The Bertz CT molecular complexity index is 471. The number of hydrogen-bond donors (Lipinski definition) is 0. The highest BCUT2D eigenvalue weighted by Gasteiger charge is 2.00. The summed E-state index contributed by atoms with van der Waals surface area (Å²) in [4.78, 5) is 11.3. The van der Waals surface area contributed by atoms with Crippen LogP contribution in [0, 0.1) is 0 Å². The van der Waals surface area contributed by atoms with Crippen LogP contribution in [0.5, 0.6) is 0 Å². The second-order valence-corrected chi connectivity index (χ2v) is 2.65. The molecule has 13 heavy (non-hydrogen) atoms. The van der Waals surface area contributed by atoms with E-state index in [1.807, 2.05) is 0 Å². The first kappa shape index (κ1) is 7.72. The third-order valence-electron chi connectivity index (χ3n) is 1.65. The first-order valence-corrected chi connectivity index (χ1v) is 3.81. The summed E-state index contributed by atoms with van der Waals surface area (Å²) in [6.45, 7) is 0. The minimum Gasteiger partial charge on any atom is -0.274 e. The van der Waals surface area contributed by atoms with Gasteiger partial charge >= 0.3 is 0 Å². The van der Waals surface area contributed by atoms with Gasteiger partial charge in [-0.25, -0.2) is 0 Å². The van der Waals surface area contributed by atoms with Crippen molar-refractivity contribution in [2.24, 2.45) is 7.05 Å². The van der Waals surface area contributed by atoms with E-state index in [1.54, 1.807) is 36.4 Å². The summed E-state index contributed by atoms with van der Waals surface area (Å²) in [5.74, 6) is 0. The maximum atomic E-state index is 11.3. The minimum absolute atomic E-state index is 0.157. The molecule has 0 spiro atoms. The molecule has 0 aromatic carbocycles. The van der Waals surface area contributed by atoms with Gasteiger partial charge in [-0.15, -0.1) is 0 Å². The van der Waals surface area contributed by atoms with Crippen molar-refractivity contribution in [1.29, 1.82) is 0 Å². The maximum Gasteiger partial charge on any atom is 0.271 e. The topological polar surface area (TPSA) is 52.7 Å². The lowest BCUT2D eigenvalue weighted by molar-refractivity contribution is 0.763. The molecule has 0 aliphatic heterocycles. The second-order valence-electron chi connectivity index (χ2n) is 2.65. The molecule has 2 rings (SSSR count). The van der Waals surface area contributed by atoms with Gasteiger partial charge in [-0.3, -0.25) is 9.48 Å². The van der Waals surface area contributed by atoms with Crippen LogP contribution in [0.2, 0.25) is 0 Å². The lowest BCUT2D eigenvalue weighted by Gasteiger charge is -1.96. The van der Waals surface area contributed by atoms with Crippen LogP contribution in [0.4, 0.5) is 0 Å². The Kier molecular flexibility index (Phi) is 1.70. The van der Waals surface area contributed by atoms with Gasteiger partial charge in [0.05, 0.1) is 12.4 Å². The Morgan fingerprint density at radius 2 is 2.23 bits per heavy atom. The Labute approximate surface area is 74.2 Å². The zero-order chi connectivity index (χ0) is 9.26. The number of hydrogen-bond acceptors (Lipinski definition) is 3. The summed E-state index contributed by atoms with van der Waals surface area (Å²) in [6.07, 6.45) is 4.89. The van der Waals surface area contributed by atoms with E-state index in [2.05, 4.69) is 10.2 Å². The van der Waals surface area contributed by atoms with Crippen LogP contribution < -0.4 is 5.56 Å². The van der Waals surface area contributed by atoms with Gasteiger partial charge in [0.25, 0.3) is 5.56 Å². The smallest absolute Gasteiger partial charge is 0.271 e. The summed E-state index contributed by atoms with van der Waals surface area (Å²) in [6, 6.07) is 3.06. The first-order chi connectivity index (χ1) is 6.27. The van der Waals surface area contributed by atoms with Gasteiger partial charge in [0, 0.05) is 19.3 Å². The molecule has 0 atom stereocenters. The normalized spacial score (nSPS) is 10.2. The van der Waals surface area contributed by atoms with Crippen molar-refractivity contribution in [2.75, 3.05) is 0 Å². The molecular formula is C8H8N4O. The summed E-state index contributed by atoms with van der Waals surface area (Å²) >= 11 is 0. The van der Waals surface area contributed by atoms with Crippen molar-refractivity contribution >= 4 is 0 Å². The zero-order valence-corrected chi connectivity index (χ0v) is 7.08. The Hall–Kier alpha value is -1.91. The Morgan fingerprint density at radius 1 is 1.38 bits per heavy atom. The van der Waals surface area contributed by atoms with Crippen molar-refractivity contribution in [1.82, 2.24) is 19.6 Å². The predicted molar refractivity (Wildman–Crippen MR) is 46.6 cm³/mol. The molecule has 5 nitrogen and oxygen atoms in total. The van der Waals surface area contributed by atoms with Crippen LogP contribution in [0.25, 0.3) is 5.69 Å². The molecule has 0 N–H and O–H groups in total. The van der Waals surface area contributed by atoms with Gasteiger partial charge in [0.1, 0.15) is 5.69 Å². The molecule has 0 saturated heterocycles. The SMILES string of the molecule is Cn1cc(-n2ncccc2=O)cn1. The van der Waals surface area contributed by atoms with Crippen LogP contribution in [0.3, 0.4) is 0 Å². The molecule has 0 bridgehead atoms. The fraction of sp³-hybridized carbons (Fsp3) is 0.125. The lowest BCUT2D eigenvalue weighted by Crippen LogP contribution is -2.18. The molecule has 0 aliphatic rings. The summed E-state index contributed by atoms with van der Waals surface area (Å²) < 4.78 is 2.92. The third-order valence-corrected chi connectivity index (χ3v) is 1.65. The number of aryl methyl sites for hydroxylation is 1. The highest BCUT2D eigenvalue weighted by molar-refractivity contribution is 5.22. The summed E-state index contributed by atoms with van der Waals surface area (Å²) in [7, 11) is 1.79. The molecule has 2 aromatic rings. The van der Waals surface area contributed by atoms with E-state index in [0.29, 0.717) is 5.69 Å². The highest BCUT2D eigenvalue weighted by atomic mass is 16.1. The largest absolute Gasteiger partial charge is 0.274 e. The number of nitrogens with zero attached hydrogens (tertiary/aromatic N) is 4. The van der Waals surface area contributed by atoms with E-state index in [-0.39, 0.29) is 5.56 Å². The van der Waals surface area contributed by atoms with Gasteiger partial charge in [0.2, 0.25) is 0 Å². The van der Waals surface area contributed by atoms with Crippen molar-refractivity contribution in [2.45, 2.75) is 0 Å². The van der Waals surface area contributed by atoms with Crippen LogP contribution in [-0.4, -0.2) is 19.6 Å². The quantitative estimate of drug-likeness (QED) is 0.613. The summed E-state index contributed by atoms with van der Waals surface area (Å²) in [5.41, 5.74) is 0.517. The van der Waals surface area contributed by atoms with Gasteiger partial charge in [-0.2, -0.15) is 14.9 Å². The van der Waals surface area contributed by atoms with E-state index in [1.165, 1.54) is 10.7 Å². The fourth-order valence-electron chi connectivity index (χ4n) is 1.07. The molecule has 0 aliphatic carbocycles. The molecule has 5 heteroatoms. The van der Waals surface area contributed by atoms with Crippen molar-refractivity contribution in [3.05, 3.63) is 41.1 Å². The molecule has 0 radical (unpaired) electrons. The van der Waals surface area contributed by atoms with Gasteiger partial charge in [-0.05, 0) is 6.07 Å². The summed E-state index contributed by atoms with van der Waals surface area (Å²) in [5, 5.41) is 7.86. The molecule has 2 heterocycles. The predicted octanol–water partition coefficient (Wildman–Crippen LogP) is -0.0340. The zero-order valence-electron chi connectivity index (χ0n) is 7.08. The number of rotatable bonds is 1. The van der Waals surface area contributed by atoms with Crippen LogP contribution >= 0.6 is 0 Å². The molecule has 0 unspecified atom stereocenters. The highest BCUT2D eigenvalue weighted by Crippen LogP contribution is 1.98. The van der Waals surface area contributed by atoms with Crippen molar-refractivity contribution < 1.29 is 0 Å². The molecule has 2 aromatic heterocycles.